The Morgan fingerprint density at radius 3 is 2.40 bits per heavy atom. The molecule has 1 N–H and O–H groups in total. The average Bonchev–Trinajstić information content (AvgIpc) is 2.46. The molecule has 2 rings (SSSR count). The van der Waals surface area contributed by atoms with Gasteiger partial charge >= 0.3 is 17.9 Å². The van der Waals surface area contributed by atoms with E-state index < -0.39 is 23.7 Å². The third-order valence-electron chi connectivity index (χ3n) is 3.03. The minimum atomic E-state index is -1.32. The van der Waals surface area contributed by atoms with E-state index in [2.05, 4.69) is 5.32 Å². The van der Waals surface area contributed by atoms with Crippen molar-refractivity contribution in [1.29, 1.82) is 0 Å². The van der Waals surface area contributed by atoms with Crippen LogP contribution in [0.1, 0.15) is 38.1 Å². The first-order valence-corrected chi connectivity index (χ1v) is 7.91. The second-order valence-electron chi connectivity index (χ2n) is 6.03. The van der Waals surface area contributed by atoms with Crippen LogP contribution in [0.25, 0.3) is 0 Å². The van der Waals surface area contributed by atoms with Crippen molar-refractivity contribution in [3.8, 4) is 0 Å². The number of carbonyl (C=O) groups excluding carboxylic acids is 3. The SMILES string of the molecule is CC(C)OC(=O)c1ccc(Cl)c(NC=C2C(=O)OC(C)(C)OC2=O)c1. The number of hydrogen-bond acceptors (Lipinski definition) is 7. The highest BCUT2D eigenvalue weighted by molar-refractivity contribution is 6.33. The van der Waals surface area contributed by atoms with Gasteiger partial charge in [0.1, 0.15) is 0 Å². The summed E-state index contributed by atoms with van der Waals surface area (Å²) in [6.45, 7) is 6.37. The third kappa shape index (κ3) is 4.73. The first kappa shape index (κ1) is 18.8. The highest BCUT2D eigenvalue weighted by atomic mass is 35.5. The Morgan fingerprint density at radius 2 is 1.84 bits per heavy atom. The standard InChI is InChI=1S/C17H18ClNO6/c1-9(2)23-14(20)10-5-6-12(18)13(7-10)19-8-11-15(21)24-17(3,4)25-16(11)22/h5-9,19H,1-4H3. The average molecular weight is 368 g/mol. The van der Waals surface area contributed by atoms with E-state index in [4.69, 9.17) is 25.8 Å². The zero-order chi connectivity index (χ0) is 18.8. The quantitative estimate of drug-likeness (QED) is 0.496. The maximum absolute atomic E-state index is 11.9. The number of anilines is 1. The molecular formula is C17H18ClNO6. The summed E-state index contributed by atoms with van der Waals surface area (Å²) in [5, 5.41) is 3.00. The number of ether oxygens (including phenoxy) is 3. The van der Waals surface area contributed by atoms with Crippen molar-refractivity contribution in [2.45, 2.75) is 39.6 Å². The molecule has 1 fully saturated rings. The molecule has 1 aromatic carbocycles. The van der Waals surface area contributed by atoms with Gasteiger partial charge in [-0.1, -0.05) is 11.6 Å². The second kappa shape index (κ2) is 7.14. The number of cyclic esters (lactones) is 2. The Kier molecular flexibility index (Phi) is 5.37. The second-order valence-corrected chi connectivity index (χ2v) is 6.44. The van der Waals surface area contributed by atoms with Crippen LogP contribution in [0, 0.1) is 0 Å². The molecule has 0 aromatic heterocycles. The summed E-state index contributed by atoms with van der Waals surface area (Å²) in [7, 11) is 0. The van der Waals surface area contributed by atoms with Gasteiger partial charge in [0, 0.05) is 20.0 Å². The van der Waals surface area contributed by atoms with Gasteiger partial charge in [-0.15, -0.1) is 0 Å². The molecule has 0 spiro atoms. The molecule has 0 radical (unpaired) electrons. The Morgan fingerprint density at radius 1 is 1.24 bits per heavy atom. The van der Waals surface area contributed by atoms with Gasteiger partial charge in [-0.25, -0.2) is 14.4 Å². The van der Waals surface area contributed by atoms with Gasteiger partial charge in [0.25, 0.3) is 5.79 Å². The summed E-state index contributed by atoms with van der Waals surface area (Å²) < 4.78 is 15.1. The van der Waals surface area contributed by atoms with Crippen LogP contribution in [0.5, 0.6) is 0 Å². The van der Waals surface area contributed by atoms with Crippen molar-refractivity contribution in [1.82, 2.24) is 0 Å². The predicted molar refractivity (Wildman–Crippen MR) is 90.0 cm³/mol. The van der Waals surface area contributed by atoms with E-state index in [-0.39, 0.29) is 22.3 Å². The molecule has 1 saturated heterocycles. The molecule has 1 heterocycles. The van der Waals surface area contributed by atoms with Gasteiger partial charge in [0.15, 0.2) is 5.57 Å². The summed E-state index contributed by atoms with van der Waals surface area (Å²) in [6.07, 6.45) is 0.857. The van der Waals surface area contributed by atoms with Crippen LogP contribution in [-0.2, 0) is 23.8 Å². The number of rotatable bonds is 4. The zero-order valence-corrected chi connectivity index (χ0v) is 15.0. The van der Waals surface area contributed by atoms with E-state index in [1.54, 1.807) is 13.8 Å². The topological polar surface area (TPSA) is 90.9 Å². The summed E-state index contributed by atoms with van der Waals surface area (Å²) in [6, 6.07) is 4.46. The van der Waals surface area contributed by atoms with Crippen molar-refractivity contribution in [2.75, 3.05) is 5.32 Å². The van der Waals surface area contributed by atoms with Gasteiger partial charge in [0.2, 0.25) is 0 Å². The lowest BCUT2D eigenvalue weighted by atomic mass is 10.2. The molecular weight excluding hydrogens is 350 g/mol. The summed E-state index contributed by atoms with van der Waals surface area (Å²) >= 11 is 6.07. The first-order chi connectivity index (χ1) is 11.6. The molecule has 8 heteroatoms. The molecule has 1 aromatic rings. The van der Waals surface area contributed by atoms with Crippen LogP contribution in [0.15, 0.2) is 30.0 Å². The molecule has 25 heavy (non-hydrogen) atoms. The van der Waals surface area contributed by atoms with Crippen molar-refractivity contribution in [3.05, 3.63) is 40.6 Å². The lowest BCUT2D eigenvalue weighted by molar-refractivity contribution is -0.222. The molecule has 0 unspecified atom stereocenters. The Bertz CT molecular complexity index is 732. The summed E-state index contributed by atoms with van der Waals surface area (Å²) in [5.41, 5.74) is 0.275. The number of esters is 3. The van der Waals surface area contributed by atoms with Crippen LogP contribution in [0.3, 0.4) is 0 Å². The van der Waals surface area contributed by atoms with Crippen molar-refractivity contribution in [3.63, 3.8) is 0 Å². The van der Waals surface area contributed by atoms with E-state index in [9.17, 15) is 14.4 Å². The Balaban J connectivity index is 2.21. The Labute approximate surface area is 149 Å². The van der Waals surface area contributed by atoms with Gasteiger partial charge in [-0.3, -0.25) is 0 Å². The maximum atomic E-state index is 11.9. The number of nitrogens with one attached hydrogen (secondary N) is 1. The molecule has 0 amide bonds. The Hall–Kier alpha value is -2.54. The number of halogens is 1. The zero-order valence-electron chi connectivity index (χ0n) is 14.2. The summed E-state index contributed by atoms with van der Waals surface area (Å²) in [4.78, 5) is 35.7. The van der Waals surface area contributed by atoms with E-state index in [1.165, 1.54) is 32.0 Å². The largest absolute Gasteiger partial charge is 0.459 e. The fourth-order valence-electron chi connectivity index (χ4n) is 1.97. The molecule has 0 atom stereocenters. The van der Waals surface area contributed by atoms with Gasteiger partial charge in [0.05, 0.1) is 22.4 Å². The number of carbonyl (C=O) groups is 3. The fourth-order valence-corrected chi connectivity index (χ4v) is 2.15. The van der Waals surface area contributed by atoms with E-state index in [1.807, 2.05) is 0 Å². The smallest absolute Gasteiger partial charge is 0.350 e. The molecule has 0 saturated carbocycles. The lowest BCUT2D eigenvalue weighted by Gasteiger charge is -2.29. The highest BCUT2D eigenvalue weighted by Gasteiger charge is 2.38. The van der Waals surface area contributed by atoms with Crippen molar-refractivity contribution in [2.24, 2.45) is 0 Å². The van der Waals surface area contributed by atoms with E-state index in [0.717, 1.165) is 6.20 Å². The molecule has 0 bridgehead atoms. The van der Waals surface area contributed by atoms with Gasteiger partial charge in [-0.2, -0.15) is 0 Å². The van der Waals surface area contributed by atoms with Gasteiger partial charge < -0.3 is 19.5 Å². The number of benzene rings is 1. The minimum absolute atomic E-state index is 0.267. The molecule has 1 aliphatic heterocycles. The third-order valence-corrected chi connectivity index (χ3v) is 3.36. The molecule has 7 nitrogen and oxygen atoms in total. The maximum Gasteiger partial charge on any atom is 0.350 e. The normalized spacial score (nSPS) is 16.2. The lowest BCUT2D eigenvalue weighted by Crippen LogP contribution is -2.42. The van der Waals surface area contributed by atoms with Gasteiger partial charge in [-0.05, 0) is 32.0 Å². The minimum Gasteiger partial charge on any atom is -0.459 e. The van der Waals surface area contributed by atoms with E-state index >= 15 is 0 Å². The molecule has 134 valence electrons. The molecule has 1 aliphatic rings. The number of hydrogen-bond donors (Lipinski definition) is 1. The van der Waals surface area contributed by atoms with Crippen molar-refractivity contribution >= 4 is 35.2 Å². The van der Waals surface area contributed by atoms with Crippen LogP contribution < -0.4 is 5.32 Å². The van der Waals surface area contributed by atoms with Crippen LogP contribution in [0.4, 0.5) is 5.69 Å². The first-order valence-electron chi connectivity index (χ1n) is 7.53. The fraction of sp³-hybridized carbons (Fsp3) is 0.353. The van der Waals surface area contributed by atoms with Crippen LogP contribution in [0.2, 0.25) is 5.02 Å². The summed E-state index contributed by atoms with van der Waals surface area (Å²) in [5.74, 6) is -3.47. The monoisotopic (exact) mass is 367 g/mol. The highest BCUT2D eigenvalue weighted by Crippen LogP contribution is 2.26. The molecule has 0 aliphatic carbocycles. The van der Waals surface area contributed by atoms with E-state index in [0.29, 0.717) is 5.69 Å². The van der Waals surface area contributed by atoms with Crippen LogP contribution in [-0.4, -0.2) is 29.8 Å². The van der Waals surface area contributed by atoms with Crippen LogP contribution >= 0.6 is 11.6 Å². The van der Waals surface area contributed by atoms with Crippen molar-refractivity contribution < 1.29 is 28.6 Å². The predicted octanol–water partition coefficient (Wildman–Crippen LogP) is 3.04.